The monoisotopic (exact) mass is 682 g/mol. The van der Waals surface area contributed by atoms with Crippen molar-refractivity contribution in [1.82, 2.24) is 20.4 Å². The number of hydrogen-bond acceptors (Lipinski definition) is 10. The van der Waals surface area contributed by atoms with Crippen LogP contribution in [0.2, 0.25) is 0 Å². The standard InChI is InChI=1S/C34H30N6O10/c35-27(43)15-7-9-16(10-8-15)30(46)38(19-5-1-3-17-25(19)33(49)39(31(17)47)21-11-13-23(41)36-28(21)44)20-6-2-4-18-26(20)34(50)40(32(18)48)22-12-14-24(42)37-29(22)45/h1-6,15-16,21-22H,7-14H2,(H2,35,43)(H,36,41,44)(H,37,42,45). The predicted octanol–water partition coefficient (Wildman–Crippen LogP) is 0.445. The molecule has 4 aliphatic heterocycles. The van der Waals surface area contributed by atoms with Gasteiger partial charge >= 0.3 is 0 Å². The van der Waals surface area contributed by atoms with Gasteiger partial charge in [-0.15, -0.1) is 0 Å². The summed E-state index contributed by atoms with van der Waals surface area (Å²) in [6, 6.07) is 5.83. The average molecular weight is 683 g/mol. The fraction of sp³-hybridized carbons (Fsp3) is 0.353. The zero-order chi connectivity index (χ0) is 35.6. The Morgan fingerprint density at radius 1 is 0.600 bits per heavy atom. The van der Waals surface area contributed by atoms with Crippen molar-refractivity contribution >= 4 is 70.4 Å². The first-order valence-corrected chi connectivity index (χ1v) is 16.2. The minimum absolute atomic E-state index is 0.0919. The van der Waals surface area contributed by atoms with Crippen LogP contribution in [-0.2, 0) is 28.8 Å². The molecule has 10 amide bonds. The lowest BCUT2D eigenvalue weighted by Gasteiger charge is -2.33. The maximum atomic E-state index is 14.7. The summed E-state index contributed by atoms with van der Waals surface area (Å²) in [7, 11) is 0. The summed E-state index contributed by atoms with van der Waals surface area (Å²) in [5.74, 6) is -8.43. The van der Waals surface area contributed by atoms with Crippen molar-refractivity contribution in [2.45, 2.75) is 63.5 Å². The number of fused-ring (bicyclic) bond motifs is 2. The lowest BCUT2D eigenvalue weighted by Crippen LogP contribution is -2.54. The highest BCUT2D eigenvalue weighted by atomic mass is 16.2. The van der Waals surface area contributed by atoms with Gasteiger partial charge in [0.05, 0.1) is 33.6 Å². The Kier molecular flexibility index (Phi) is 7.87. The number of piperidine rings is 2. The fourth-order valence-electron chi connectivity index (χ4n) is 7.54. The predicted molar refractivity (Wildman–Crippen MR) is 168 cm³/mol. The van der Waals surface area contributed by atoms with Crippen LogP contribution >= 0.6 is 0 Å². The van der Waals surface area contributed by atoms with E-state index in [0.29, 0.717) is 12.8 Å². The number of nitrogens with two attached hydrogens (primary N) is 1. The van der Waals surface area contributed by atoms with Crippen molar-refractivity contribution in [3.63, 3.8) is 0 Å². The first-order chi connectivity index (χ1) is 23.9. The Labute approximate surface area is 283 Å². The zero-order valence-corrected chi connectivity index (χ0v) is 26.4. The van der Waals surface area contributed by atoms with Gasteiger partial charge in [-0.1, -0.05) is 12.1 Å². The number of benzene rings is 2. The number of imide groups is 4. The topological polar surface area (TPSA) is 230 Å². The number of anilines is 2. The second-order valence-corrected chi connectivity index (χ2v) is 12.9. The van der Waals surface area contributed by atoms with E-state index in [-0.39, 0.29) is 72.2 Å². The van der Waals surface area contributed by atoms with Crippen LogP contribution in [0.5, 0.6) is 0 Å². The Hall–Kier alpha value is -6.06. The van der Waals surface area contributed by atoms with E-state index < -0.39 is 83.0 Å². The van der Waals surface area contributed by atoms with E-state index >= 15 is 0 Å². The molecule has 0 spiro atoms. The number of hydrogen-bond donors (Lipinski definition) is 3. The van der Waals surface area contributed by atoms with Gasteiger partial charge in [-0.05, 0) is 62.8 Å². The Balaban J connectivity index is 1.34. The largest absolute Gasteiger partial charge is 0.369 e. The van der Waals surface area contributed by atoms with E-state index in [1.807, 2.05) is 0 Å². The molecule has 2 saturated heterocycles. The highest BCUT2D eigenvalue weighted by molar-refractivity contribution is 6.29. The first-order valence-electron chi connectivity index (χ1n) is 16.2. The summed E-state index contributed by atoms with van der Waals surface area (Å²) in [6.07, 6.45) is 0.666. The molecule has 1 aliphatic carbocycles. The van der Waals surface area contributed by atoms with E-state index in [0.717, 1.165) is 14.7 Å². The summed E-state index contributed by atoms with van der Waals surface area (Å²) in [5, 5.41) is 4.28. The van der Waals surface area contributed by atoms with E-state index in [1.54, 1.807) is 0 Å². The molecule has 256 valence electrons. The quantitative estimate of drug-likeness (QED) is 0.356. The van der Waals surface area contributed by atoms with Crippen LogP contribution < -0.4 is 21.3 Å². The van der Waals surface area contributed by atoms with Crippen molar-refractivity contribution in [2.75, 3.05) is 4.90 Å². The van der Waals surface area contributed by atoms with Crippen LogP contribution in [0, 0.1) is 11.8 Å². The third-order valence-electron chi connectivity index (χ3n) is 10.1. The molecule has 2 atom stereocenters. The van der Waals surface area contributed by atoms with Crippen LogP contribution in [0.25, 0.3) is 0 Å². The van der Waals surface area contributed by atoms with Crippen molar-refractivity contribution in [1.29, 1.82) is 0 Å². The highest BCUT2D eigenvalue weighted by Gasteiger charge is 2.50. The molecule has 2 unspecified atom stereocenters. The molecular weight excluding hydrogens is 652 g/mol. The summed E-state index contributed by atoms with van der Waals surface area (Å²) in [5.41, 5.74) is 4.65. The maximum absolute atomic E-state index is 14.7. The molecule has 0 radical (unpaired) electrons. The maximum Gasteiger partial charge on any atom is 0.264 e. The molecular formula is C34H30N6O10. The molecule has 3 fully saturated rings. The average Bonchev–Trinajstić information content (AvgIpc) is 3.50. The smallest absolute Gasteiger partial charge is 0.264 e. The Morgan fingerprint density at radius 2 is 1.02 bits per heavy atom. The molecule has 0 bridgehead atoms. The molecule has 7 rings (SSSR count). The van der Waals surface area contributed by atoms with Crippen LogP contribution in [0.3, 0.4) is 0 Å². The number of nitrogens with zero attached hydrogens (tertiary/aromatic N) is 3. The molecule has 1 saturated carbocycles. The van der Waals surface area contributed by atoms with Gasteiger partial charge in [0.1, 0.15) is 12.1 Å². The number of carbonyl (C=O) groups excluding carboxylic acids is 10. The van der Waals surface area contributed by atoms with Gasteiger partial charge in [0.15, 0.2) is 0 Å². The van der Waals surface area contributed by atoms with Crippen LogP contribution in [-0.4, -0.2) is 81.0 Å². The Morgan fingerprint density at radius 3 is 1.42 bits per heavy atom. The zero-order valence-electron chi connectivity index (χ0n) is 26.4. The van der Waals surface area contributed by atoms with E-state index in [9.17, 15) is 47.9 Å². The SMILES string of the molecule is NC(=O)C1CCC(C(=O)N(c2cccc3c2C(=O)N(C2CCC(=O)NC2=O)C3=O)c2cccc3c2C(=O)N(C2CCC(=O)NC2=O)C3=O)CC1. The van der Waals surface area contributed by atoms with Crippen LogP contribution in [0.15, 0.2) is 36.4 Å². The summed E-state index contributed by atoms with van der Waals surface area (Å²) >= 11 is 0. The molecule has 50 heavy (non-hydrogen) atoms. The third-order valence-corrected chi connectivity index (χ3v) is 10.1. The van der Waals surface area contributed by atoms with Crippen LogP contribution in [0.4, 0.5) is 11.4 Å². The third kappa shape index (κ3) is 5.05. The number of amides is 10. The second-order valence-electron chi connectivity index (χ2n) is 12.9. The van der Waals surface area contributed by atoms with E-state index in [1.165, 1.54) is 36.4 Å². The summed E-state index contributed by atoms with van der Waals surface area (Å²) in [4.78, 5) is 134. The van der Waals surface area contributed by atoms with Gasteiger partial charge < -0.3 is 5.73 Å². The molecule has 16 nitrogen and oxygen atoms in total. The number of carbonyl (C=O) groups is 10. The van der Waals surface area contributed by atoms with E-state index in [2.05, 4.69) is 10.6 Å². The molecule has 4 heterocycles. The lowest BCUT2D eigenvalue weighted by molar-refractivity contribution is -0.137. The van der Waals surface area contributed by atoms with Gasteiger partial charge in [0, 0.05) is 24.7 Å². The van der Waals surface area contributed by atoms with Crippen molar-refractivity contribution < 1.29 is 47.9 Å². The Bertz CT molecular complexity index is 1860. The number of primary amides is 1. The van der Waals surface area contributed by atoms with Gasteiger partial charge in [0.2, 0.25) is 35.4 Å². The number of nitrogens with one attached hydrogen (secondary N) is 2. The van der Waals surface area contributed by atoms with Gasteiger partial charge in [-0.3, -0.25) is 73.3 Å². The molecule has 5 aliphatic rings. The number of rotatable bonds is 6. The molecule has 0 aromatic heterocycles. The van der Waals surface area contributed by atoms with Crippen molar-refractivity contribution in [3.8, 4) is 0 Å². The minimum atomic E-state index is -1.29. The molecule has 2 aromatic carbocycles. The van der Waals surface area contributed by atoms with Gasteiger partial charge in [0.25, 0.3) is 23.6 Å². The first kappa shape index (κ1) is 32.5. The molecule has 2 aromatic rings. The van der Waals surface area contributed by atoms with Gasteiger partial charge in [-0.25, -0.2) is 0 Å². The summed E-state index contributed by atoms with van der Waals surface area (Å²) in [6.45, 7) is 0. The minimum Gasteiger partial charge on any atom is -0.369 e. The fourth-order valence-corrected chi connectivity index (χ4v) is 7.54. The van der Waals surface area contributed by atoms with Crippen LogP contribution in [0.1, 0.15) is 92.8 Å². The molecule has 16 heteroatoms. The summed E-state index contributed by atoms with van der Waals surface area (Å²) < 4.78 is 0. The second kappa shape index (κ2) is 12.1. The van der Waals surface area contributed by atoms with Crippen molar-refractivity contribution in [3.05, 3.63) is 58.7 Å². The molecule has 4 N–H and O–H groups in total. The normalized spacial score (nSPS) is 25.0. The van der Waals surface area contributed by atoms with Crippen molar-refractivity contribution in [2.24, 2.45) is 17.6 Å². The van der Waals surface area contributed by atoms with E-state index in [4.69, 9.17) is 5.73 Å². The van der Waals surface area contributed by atoms with Gasteiger partial charge in [-0.2, -0.15) is 0 Å². The highest BCUT2D eigenvalue weighted by Crippen LogP contribution is 2.43. The lowest BCUT2D eigenvalue weighted by atomic mass is 9.80.